The number of aliphatic hydroxyl groups excluding tert-OH is 2. The zero-order valence-electron chi connectivity index (χ0n) is 14.4. The molecular formula is C22H23NO2. The molecule has 0 heterocycles. The molecule has 3 heteroatoms. The predicted octanol–water partition coefficient (Wildman–Crippen LogP) is 3.36. The van der Waals surface area contributed by atoms with Crippen LogP contribution in [-0.2, 0) is 6.42 Å². The van der Waals surface area contributed by atoms with Gasteiger partial charge in [0.15, 0.2) is 0 Å². The summed E-state index contributed by atoms with van der Waals surface area (Å²) in [6.07, 6.45) is 0.856. The Morgan fingerprint density at radius 2 is 1.52 bits per heavy atom. The molecule has 1 aliphatic rings. The Balaban J connectivity index is 1.62. The Morgan fingerprint density at radius 1 is 0.840 bits per heavy atom. The van der Waals surface area contributed by atoms with Gasteiger partial charge in [-0.2, -0.15) is 0 Å². The number of nitrogens with one attached hydrogen (secondary N) is 1. The summed E-state index contributed by atoms with van der Waals surface area (Å²) < 4.78 is 0. The molecule has 0 bridgehead atoms. The monoisotopic (exact) mass is 333 g/mol. The minimum Gasteiger partial charge on any atom is -0.394 e. The van der Waals surface area contributed by atoms with Crippen molar-refractivity contribution in [2.75, 3.05) is 19.8 Å². The molecular weight excluding hydrogens is 310 g/mol. The van der Waals surface area contributed by atoms with Gasteiger partial charge in [0.2, 0.25) is 0 Å². The Morgan fingerprint density at radius 3 is 2.20 bits per heavy atom. The van der Waals surface area contributed by atoms with Crippen LogP contribution in [0.15, 0.2) is 54.6 Å². The van der Waals surface area contributed by atoms with Crippen molar-refractivity contribution in [3.63, 3.8) is 0 Å². The fraction of sp³-hybridized carbons (Fsp3) is 0.273. The molecule has 25 heavy (non-hydrogen) atoms. The SMILES string of the molecule is CC(CO)(CO)NCCc1ccc2c(c1)-c1cccc3cccc-2c13. The van der Waals surface area contributed by atoms with Crippen molar-refractivity contribution in [3.05, 3.63) is 60.2 Å². The van der Waals surface area contributed by atoms with Crippen LogP contribution >= 0.6 is 0 Å². The molecule has 128 valence electrons. The van der Waals surface area contributed by atoms with Crippen molar-refractivity contribution in [1.82, 2.24) is 5.32 Å². The first-order valence-electron chi connectivity index (χ1n) is 8.77. The average Bonchev–Trinajstić information content (AvgIpc) is 2.97. The third kappa shape index (κ3) is 2.74. The van der Waals surface area contributed by atoms with Crippen LogP contribution in [0.3, 0.4) is 0 Å². The van der Waals surface area contributed by atoms with Crippen molar-refractivity contribution < 1.29 is 10.2 Å². The molecule has 0 unspecified atom stereocenters. The van der Waals surface area contributed by atoms with Crippen LogP contribution in [-0.4, -0.2) is 35.5 Å². The van der Waals surface area contributed by atoms with E-state index in [0.29, 0.717) is 6.54 Å². The van der Waals surface area contributed by atoms with Crippen molar-refractivity contribution >= 4 is 10.8 Å². The van der Waals surface area contributed by atoms with Crippen LogP contribution in [0.4, 0.5) is 0 Å². The molecule has 3 nitrogen and oxygen atoms in total. The van der Waals surface area contributed by atoms with Gasteiger partial charge in [0.05, 0.1) is 18.8 Å². The summed E-state index contributed by atoms with van der Waals surface area (Å²) in [5, 5.41) is 24.6. The molecule has 0 radical (unpaired) electrons. The highest BCUT2D eigenvalue weighted by atomic mass is 16.3. The second kappa shape index (κ2) is 6.26. The lowest BCUT2D eigenvalue weighted by Gasteiger charge is -2.26. The van der Waals surface area contributed by atoms with Crippen LogP contribution in [0.25, 0.3) is 33.0 Å². The van der Waals surface area contributed by atoms with Crippen LogP contribution in [0.5, 0.6) is 0 Å². The van der Waals surface area contributed by atoms with Gasteiger partial charge in [0, 0.05) is 0 Å². The van der Waals surface area contributed by atoms with E-state index in [-0.39, 0.29) is 13.2 Å². The number of hydrogen-bond donors (Lipinski definition) is 3. The van der Waals surface area contributed by atoms with E-state index in [9.17, 15) is 10.2 Å². The van der Waals surface area contributed by atoms with Gasteiger partial charge in [-0.05, 0) is 58.5 Å². The third-order valence-corrected chi connectivity index (χ3v) is 5.23. The first kappa shape index (κ1) is 16.3. The highest BCUT2D eigenvalue weighted by Crippen LogP contribution is 2.47. The Hall–Kier alpha value is -2.20. The molecule has 3 aromatic rings. The number of fused-ring (bicyclic) bond motifs is 3. The van der Waals surface area contributed by atoms with Gasteiger partial charge in [0.1, 0.15) is 0 Å². The van der Waals surface area contributed by atoms with Gasteiger partial charge >= 0.3 is 0 Å². The topological polar surface area (TPSA) is 52.5 Å². The lowest BCUT2D eigenvalue weighted by molar-refractivity contribution is 0.105. The van der Waals surface area contributed by atoms with Crippen LogP contribution < -0.4 is 5.32 Å². The summed E-state index contributed by atoms with van der Waals surface area (Å²) in [5.74, 6) is 0. The maximum absolute atomic E-state index is 9.37. The number of aliphatic hydroxyl groups is 2. The molecule has 0 amide bonds. The highest BCUT2D eigenvalue weighted by molar-refractivity contribution is 6.15. The lowest BCUT2D eigenvalue weighted by atomic mass is 9.99. The van der Waals surface area contributed by atoms with E-state index < -0.39 is 5.54 Å². The second-order valence-corrected chi connectivity index (χ2v) is 7.14. The molecule has 0 saturated heterocycles. The summed E-state index contributed by atoms with van der Waals surface area (Å²) in [5.41, 5.74) is 5.87. The largest absolute Gasteiger partial charge is 0.394 e. The molecule has 3 aromatic carbocycles. The van der Waals surface area contributed by atoms with E-state index in [0.717, 1.165) is 6.42 Å². The zero-order valence-corrected chi connectivity index (χ0v) is 14.4. The van der Waals surface area contributed by atoms with Crippen LogP contribution in [0, 0.1) is 0 Å². The third-order valence-electron chi connectivity index (χ3n) is 5.23. The van der Waals surface area contributed by atoms with Crippen molar-refractivity contribution in [1.29, 1.82) is 0 Å². The summed E-state index contributed by atoms with van der Waals surface area (Å²) in [6, 6.07) is 19.7. The first-order valence-corrected chi connectivity index (χ1v) is 8.77. The van der Waals surface area contributed by atoms with Crippen LogP contribution in [0.1, 0.15) is 12.5 Å². The Labute approximate surface area is 147 Å². The van der Waals surface area contributed by atoms with Gasteiger partial charge in [-0.3, -0.25) is 0 Å². The maximum atomic E-state index is 9.37. The number of hydrogen-bond acceptors (Lipinski definition) is 3. The molecule has 0 aliphatic heterocycles. The molecule has 0 spiro atoms. The molecule has 0 aromatic heterocycles. The van der Waals surface area contributed by atoms with Gasteiger partial charge in [-0.1, -0.05) is 54.6 Å². The minimum atomic E-state index is -0.626. The van der Waals surface area contributed by atoms with E-state index in [1.165, 1.54) is 38.6 Å². The van der Waals surface area contributed by atoms with Gasteiger partial charge < -0.3 is 15.5 Å². The number of rotatable bonds is 6. The Bertz CT molecular complexity index is 923. The summed E-state index contributed by atoms with van der Waals surface area (Å²) in [7, 11) is 0. The fourth-order valence-corrected chi connectivity index (χ4v) is 3.66. The molecule has 1 aliphatic carbocycles. The van der Waals surface area contributed by atoms with Crippen LogP contribution in [0.2, 0.25) is 0 Å². The van der Waals surface area contributed by atoms with Gasteiger partial charge in [0.25, 0.3) is 0 Å². The second-order valence-electron chi connectivity index (χ2n) is 7.14. The smallest absolute Gasteiger partial charge is 0.0633 e. The van der Waals surface area contributed by atoms with Gasteiger partial charge in [-0.15, -0.1) is 0 Å². The predicted molar refractivity (Wildman–Crippen MR) is 103 cm³/mol. The molecule has 0 saturated carbocycles. The van der Waals surface area contributed by atoms with Crippen molar-refractivity contribution in [2.24, 2.45) is 0 Å². The Kier molecular flexibility index (Phi) is 4.08. The molecule has 0 fully saturated rings. The quantitative estimate of drug-likeness (QED) is 0.507. The summed E-state index contributed by atoms with van der Waals surface area (Å²) in [4.78, 5) is 0. The zero-order chi connectivity index (χ0) is 17.4. The summed E-state index contributed by atoms with van der Waals surface area (Å²) >= 11 is 0. The van der Waals surface area contributed by atoms with Crippen molar-refractivity contribution in [3.8, 4) is 22.3 Å². The standard InChI is InChI=1S/C22H23NO2/c1-22(13-24,14-25)23-11-10-15-8-9-17-18-6-2-4-16-5-3-7-19(21(16)18)20(17)12-15/h2-9,12,23-25H,10-11,13-14H2,1H3. The molecule has 3 N–H and O–H groups in total. The van der Waals surface area contributed by atoms with E-state index in [1.807, 2.05) is 6.92 Å². The fourth-order valence-electron chi connectivity index (χ4n) is 3.66. The van der Waals surface area contributed by atoms with E-state index in [4.69, 9.17) is 0 Å². The number of benzene rings is 3. The summed E-state index contributed by atoms with van der Waals surface area (Å²) in [6.45, 7) is 2.39. The normalized spacial score (nSPS) is 12.6. The van der Waals surface area contributed by atoms with E-state index in [2.05, 4.69) is 59.9 Å². The van der Waals surface area contributed by atoms with E-state index >= 15 is 0 Å². The minimum absolute atomic E-state index is 0.0784. The maximum Gasteiger partial charge on any atom is 0.0633 e. The van der Waals surface area contributed by atoms with Crippen molar-refractivity contribution in [2.45, 2.75) is 18.9 Å². The molecule has 4 rings (SSSR count). The van der Waals surface area contributed by atoms with Gasteiger partial charge in [-0.25, -0.2) is 0 Å². The first-order chi connectivity index (χ1) is 12.1. The highest BCUT2D eigenvalue weighted by Gasteiger charge is 2.22. The molecule has 0 atom stereocenters. The average molecular weight is 333 g/mol. The van der Waals surface area contributed by atoms with E-state index in [1.54, 1.807) is 0 Å². The lowest BCUT2D eigenvalue weighted by Crippen LogP contribution is -2.49.